The van der Waals surface area contributed by atoms with Crippen LogP contribution in [0.5, 0.6) is 0 Å². The number of hydrogen-bond donors (Lipinski definition) is 1. The third-order valence-corrected chi connectivity index (χ3v) is 3.75. The van der Waals surface area contributed by atoms with Gasteiger partial charge in [-0.1, -0.05) is 23.8 Å². The largest absolute Gasteiger partial charge is 0.392 e. The van der Waals surface area contributed by atoms with E-state index in [1.54, 1.807) is 11.8 Å². The van der Waals surface area contributed by atoms with Gasteiger partial charge in [0, 0.05) is 10.6 Å². The molecule has 0 aliphatic carbocycles. The van der Waals surface area contributed by atoms with Gasteiger partial charge >= 0.3 is 0 Å². The van der Waals surface area contributed by atoms with E-state index in [1.807, 2.05) is 19.1 Å². The van der Waals surface area contributed by atoms with E-state index in [2.05, 4.69) is 25.6 Å². The lowest BCUT2D eigenvalue weighted by Gasteiger charge is -2.11. The number of allylic oxidation sites excluding steroid dienone is 1. The maximum absolute atomic E-state index is 9.79. The zero-order valence-corrected chi connectivity index (χ0v) is 10.9. The molecule has 16 heavy (non-hydrogen) atoms. The Labute approximate surface area is 103 Å². The Kier molecular flexibility index (Phi) is 5.64. The molecule has 1 aromatic carbocycles. The predicted octanol–water partition coefficient (Wildman–Crippen LogP) is 3.80. The maximum atomic E-state index is 9.79. The number of aliphatic hydroxyl groups excluding tert-OH is 1. The molecular weight excluding hydrogens is 216 g/mol. The van der Waals surface area contributed by atoms with Crippen LogP contribution in [0.15, 0.2) is 41.3 Å². The fourth-order valence-electron chi connectivity index (χ4n) is 1.40. The van der Waals surface area contributed by atoms with Crippen LogP contribution in [0.25, 0.3) is 0 Å². The van der Waals surface area contributed by atoms with E-state index in [4.69, 9.17) is 0 Å². The third-order valence-electron chi connectivity index (χ3n) is 2.43. The molecule has 2 heteroatoms. The molecule has 0 aliphatic rings. The smallest absolute Gasteiger partial charge is 0.0637 e. The molecule has 1 N–H and O–H groups in total. The van der Waals surface area contributed by atoms with Crippen molar-refractivity contribution in [3.8, 4) is 0 Å². The molecule has 0 bridgehead atoms. The summed E-state index contributed by atoms with van der Waals surface area (Å²) in [6.45, 7) is 7.94. The van der Waals surface area contributed by atoms with Crippen molar-refractivity contribution in [3.05, 3.63) is 42.0 Å². The van der Waals surface area contributed by atoms with Crippen LogP contribution in [-0.2, 0) is 0 Å². The van der Waals surface area contributed by atoms with Gasteiger partial charge in [0.05, 0.1) is 6.10 Å². The summed E-state index contributed by atoms with van der Waals surface area (Å²) >= 11 is 1.73. The van der Waals surface area contributed by atoms with Crippen molar-refractivity contribution in [1.29, 1.82) is 0 Å². The molecule has 1 atom stereocenters. The van der Waals surface area contributed by atoms with E-state index in [1.165, 1.54) is 10.5 Å². The summed E-state index contributed by atoms with van der Waals surface area (Å²) in [5.41, 5.74) is 2.42. The summed E-state index contributed by atoms with van der Waals surface area (Å²) in [4.78, 5) is 1.26. The molecule has 0 amide bonds. The van der Waals surface area contributed by atoms with E-state index in [0.717, 1.165) is 24.2 Å². The minimum absolute atomic E-state index is 0.235. The Bertz CT molecular complexity index is 346. The summed E-state index contributed by atoms with van der Waals surface area (Å²) < 4.78 is 0. The molecule has 0 saturated heterocycles. The molecule has 0 spiro atoms. The zero-order valence-electron chi connectivity index (χ0n) is 10.1. The van der Waals surface area contributed by atoms with E-state index in [9.17, 15) is 5.11 Å². The molecule has 1 unspecified atom stereocenters. The van der Waals surface area contributed by atoms with E-state index in [0.29, 0.717) is 0 Å². The molecular formula is C14H20OS. The van der Waals surface area contributed by atoms with Gasteiger partial charge in [0.25, 0.3) is 0 Å². The zero-order chi connectivity index (χ0) is 12.0. The van der Waals surface area contributed by atoms with Gasteiger partial charge in [-0.25, -0.2) is 0 Å². The van der Waals surface area contributed by atoms with Crippen molar-refractivity contribution < 1.29 is 5.11 Å². The number of thioether (sulfide) groups is 1. The van der Waals surface area contributed by atoms with Gasteiger partial charge in [-0.3, -0.25) is 0 Å². The number of aryl methyl sites for hydroxylation is 1. The predicted molar refractivity (Wildman–Crippen MR) is 72.0 cm³/mol. The average molecular weight is 236 g/mol. The second-order valence-corrected chi connectivity index (χ2v) is 5.29. The van der Waals surface area contributed by atoms with Crippen LogP contribution in [0, 0.1) is 6.92 Å². The Morgan fingerprint density at radius 2 is 2.12 bits per heavy atom. The van der Waals surface area contributed by atoms with Crippen LogP contribution in [0.1, 0.15) is 25.3 Å². The molecule has 0 saturated carbocycles. The van der Waals surface area contributed by atoms with Crippen LogP contribution in [0.4, 0.5) is 0 Å². The Morgan fingerprint density at radius 1 is 1.44 bits per heavy atom. The lowest BCUT2D eigenvalue weighted by Crippen LogP contribution is -2.09. The van der Waals surface area contributed by atoms with Crippen LogP contribution in [0.2, 0.25) is 0 Å². The van der Waals surface area contributed by atoms with Crippen LogP contribution in [-0.4, -0.2) is 17.0 Å². The fourth-order valence-corrected chi connectivity index (χ4v) is 2.41. The standard InChI is InChI=1S/C14H20OS/c1-11(2)8-9-13(15)10-16-14-7-5-4-6-12(14)3/h4-7,13,15H,1,8-10H2,2-3H3. The van der Waals surface area contributed by atoms with Crippen molar-refractivity contribution in [2.45, 2.75) is 37.7 Å². The highest BCUT2D eigenvalue weighted by Gasteiger charge is 2.06. The Balaban J connectivity index is 2.34. The summed E-state index contributed by atoms with van der Waals surface area (Å²) in [6.07, 6.45) is 1.49. The van der Waals surface area contributed by atoms with Crippen molar-refractivity contribution in [1.82, 2.24) is 0 Å². The van der Waals surface area contributed by atoms with Gasteiger partial charge in [-0.2, -0.15) is 0 Å². The van der Waals surface area contributed by atoms with Gasteiger partial charge in [-0.15, -0.1) is 18.3 Å². The maximum Gasteiger partial charge on any atom is 0.0637 e. The van der Waals surface area contributed by atoms with Crippen molar-refractivity contribution in [3.63, 3.8) is 0 Å². The highest BCUT2D eigenvalue weighted by atomic mass is 32.2. The minimum atomic E-state index is -0.235. The molecule has 1 rings (SSSR count). The highest BCUT2D eigenvalue weighted by Crippen LogP contribution is 2.23. The number of benzene rings is 1. The first-order valence-corrected chi connectivity index (χ1v) is 6.59. The number of aliphatic hydroxyl groups is 1. The lowest BCUT2D eigenvalue weighted by atomic mass is 10.1. The van der Waals surface area contributed by atoms with Crippen LogP contribution in [0.3, 0.4) is 0 Å². The fraction of sp³-hybridized carbons (Fsp3) is 0.429. The second-order valence-electron chi connectivity index (χ2n) is 4.23. The summed E-state index contributed by atoms with van der Waals surface area (Å²) in [7, 11) is 0. The molecule has 0 radical (unpaired) electrons. The van der Waals surface area contributed by atoms with E-state index >= 15 is 0 Å². The summed E-state index contributed by atoms with van der Waals surface area (Å²) in [5.74, 6) is 0.762. The van der Waals surface area contributed by atoms with Crippen LogP contribution >= 0.6 is 11.8 Å². The molecule has 0 heterocycles. The van der Waals surface area contributed by atoms with Gasteiger partial charge in [-0.05, 0) is 38.3 Å². The normalized spacial score (nSPS) is 12.4. The molecule has 1 nitrogen and oxygen atoms in total. The lowest BCUT2D eigenvalue weighted by molar-refractivity contribution is 0.189. The van der Waals surface area contributed by atoms with E-state index in [-0.39, 0.29) is 6.10 Å². The van der Waals surface area contributed by atoms with Crippen molar-refractivity contribution >= 4 is 11.8 Å². The Morgan fingerprint density at radius 3 is 2.75 bits per heavy atom. The first-order valence-electron chi connectivity index (χ1n) is 5.60. The molecule has 0 fully saturated rings. The number of hydrogen-bond acceptors (Lipinski definition) is 2. The van der Waals surface area contributed by atoms with E-state index < -0.39 is 0 Å². The minimum Gasteiger partial charge on any atom is -0.392 e. The van der Waals surface area contributed by atoms with Gasteiger partial charge in [0.1, 0.15) is 0 Å². The van der Waals surface area contributed by atoms with Crippen molar-refractivity contribution in [2.75, 3.05) is 5.75 Å². The summed E-state index contributed by atoms with van der Waals surface area (Å²) in [5, 5.41) is 9.79. The molecule has 1 aromatic rings. The third kappa shape index (κ3) is 4.86. The second kappa shape index (κ2) is 6.77. The van der Waals surface area contributed by atoms with Crippen LogP contribution < -0.4 is 0 Å². The topological polar surface area (TPSA) is 20.2 Å². The SMILES string of the molecule is C=C(C)CCC(O)CSc1ccccc1C. The van der Waals surface area contributed by atoms with Gasteiger partial charge in [0.15, 0.2) is 0 Å². The highest BCUT2D eigenvalue weighted by molar-refractivity contribution is 7.99. The molecule has 0 aliphatic heterocycles. The average Bonchev–Trinajstić information content (AvgIpc) is 2.25. The van der Waals surface area contributed by atoms with Gasteiger partial charge < -0.3 is 5.11 Å². The first kappa shape index (κ1) is 13.3. The molecule has 88 valence electrons. The monoisotopic (exact) mass is 236 g/mol. The quantitative estimate of drug-likeness (QED) is 0.599. The summed E-state index contributed by atoms with van der Waals surface area (Å²) in [6, 6.07) is 8.28. The van der Waals surface area contributed by atoms with Gasteiger partial charge in [0.2, 0.25) is 0 Å². The first-order chi connectivity index (χ1) is 7.59. The Hall–Kier alpha value is -0.730. The molecule has 0 aromatic heterocycles. The number of rotatable bonds is 6. The van der Waals surface area contributed by atoms with Crippen molar-refractivity contribution in [2.24, 2.45) is 0 Å².